The van der Waals surface area contributed by atoms with Gasteiger partial charge in [-0.15, -0.1) is 0 Å². The summed E-state index contributed by atoms with van der Waals surface area (Å²) in [6.07, 6.45) is 3.33. The largest absolute Gasteiger partial charge is 0.435 e. The van der Waals surface area contributed by atoms with Crippen LogP contribution < -0.4 is 10.1 Å². The number of benzene rings is 1. The van der Waals surface area contributed by atoms with Crippen molar-refractivity contribution < 1.29 is 27.9 Å². The van der Waals surface area contributed by atoms with Crippen molar-refractivity contribution in [3.05, 3.63) is 47.3 Å². The van der Waals surface area contributed by atoms with E-state index < -0.39 is 18.2 Å². The first-order valence-corrected chi connectivity index (χ1v) is 11.1. The Morgan fingerprint density at radius 2 is 1.91 bits per heavy atom. The molecular weight excluding hydrogens is 432 g/mol. The summed E-state index contributed by atoms with van der Waals surface area (Å²) in [7, 11) is 0. The summed E-state index contributed by atoms with van der Waals surface area (Å²) in [5, 5.41) is 2.87. The molecule has 0 radical (unpaired) electrons. The van der Waals surface area contributed by atoms with Gasteiger partial charge in [0, 0.05) is 22.6 Å². The highest BCUT2D eigenvalue weighted by Gasteiger charge is 2.55. The monoisotopic (exact) mass is 459 g/mol. The van der Waals surface area contributed by atoms with Gasteiger partial charge in [-0.2, -0.15) is 8.78 Å². The van der Waals surface area contributed by atoms with E-state index in [4.69, 9.17) is 0 Å². The molecule has 2 heterocycles. The first-order chi connectivity index (χ1) is 15.6. The van der Waals surface area contributed by atoms with Crippen LogP contribution in [0.25, 0.3) is 5.69 Å². The van der Waals surface area contributed by atoms with Gasteiger partial charge < -0.3 is 14.6 Å². The zero-order valence-corrected chi connectivity index (χ0v) is 18.9. The highest BCUT2D eigenvalue weighted by Crippen LogP contribution is 2.38. The molecule has 1 aliphatic carbocycles. The minimum absolute atomic E-state index is 0.0184. The Kier molecular flexibility index (Phi) is 5.99. The standard InChI is InChI=1S/C24H27F2N3O4/c1-14-6-4-5-11-24(14)21(31)28(23(32)27-24)13-20(30)19-12-15(2)29(16(19)3)17-7-9-18(10-8-17)33-22(25)26/h7-10,12,14,22H,4-6,11,13H2,1-3H3,(H,27,32). The molecule has 7 nitrogen and oxygen atoms in total. The highest BCUT2D eigenvalue weighted by atomic mass is 19.3. The predicted octanol–water partition coefficient (Wildman–Crippen LogP) is 4.38. The SMILES string of the molecule is Cc1cc(C(=O)CN2C(=O)NC3(CCCCC3C)C2=O)c(C)n1-c1ccc(OC(F)F)cc1. The molecule has 2 unspecified atom stereocenters. The Labute approximate surface area is 190 Å². The molecule has 2 aliphatic rings. The summed E-state index contributed by atoms with van der Waals surface area (Å²) in [5.41, 5.74) is 1.56. The number of nitrogens with zero attached hydrogens (tertiary/aromatic N) is 2. The molecule has 1 saturated heterocycles. The maximum Gasteiger partial charge on any atom is 0.387 e. The molecular formula is C24H27F2N3O4. The van der Waals surface area contributed by atoms with E-state index in [1.807, 2.05) is 18.4 Å². The average molecular weight is 459 g/mol. The zero-order chi connectivity index (χ0) is 23.9. The number of halogens is 2. The predicted molar refractivity (Wildman–Crippen MR) is 117 cm³/mol. The summed E-state index contributed by atoms with van der Waals surface area (Å²) in [5.74, 6) is -0.602. The number of rotatable bonds is 6. The van der Waals surface area contributed by atoms with Gasteiger partial charge in [0.25, 0.3) is 5.91 Å². The molecule has 1 spiro atoms. The van der Waals surface area contributed by atoms with E-state index >= 15 is 0 Å². The molecule has 2 aromatic rings. The maximum atomic E-state index is 13.2. The molecule has 1 aromatic carbocycles. The van der Waals surface area contributed by atoms with E-state index in [0.717, 1.165) is 29.9 Å². The quantitative estimate of drug-likeness (QED) is 0.514. The number of amides is 3. The number of aryl methyl sites for hydroxylation is 1. The average Bonchev–Trinajstić information content (AvgIpc) is 3.19. The number of imide groups is 1. The normalized spacial score (nSPS) is 22.8. The van der Waals surface area contributed by atoms with Gasteiger partial charge in [-0.05, 0) is 62.9 Å². The molecule has 1 N–H and O–H groups in total. The van der Waals surface area contributed by atoms with Crippen LogP contribution >= 0.6 is 0 Å². The number of ketones is 1. The van der Waals surface area contributed by atoms with Crippen LogP contribution in [0, 0.1) is 19.8 Å². The van der Waals surface area contributed by atoms with Crippen molar-refractivity contribution in [2.75, 3.05) is 6.54 Å². The second-order valence-corrected chi connectivity index (χ2v) is 8.86. The van der Waals surface area contributed by atoms with Gasteiger partial charge in [0.05, 0.1) is 6.54 Å². The van der Waals surface area contributed by atoms with E-state index in [-0.39, 0.29) is 29.9 Å². The fraction of sp³-hybridized carbons (Fsp3) is 0.458. The van der Waals surface area contributed by atoms with Gasteiger partial charge in [-0.25, -0.2) is 4.79 Å². The van der Waals surface area contributed by atoms with Gasteiger partial charge in [0.1, 0.15) is 11.3 Å². The van der Waals surface area contributed by atoms with Crippen LogP contribution in [0.5, 0.6) is 5.75 Å². The van der Waals surface area contributed by atoms with Crippen molar-refractivity contribution in [1.82, 2.24) is 14.8 Å². The van der Waals surface area contributed by atoms with Crippen LogP contribution in [0.4, 0.5) is 13.6 Å². The lowest BCUT2D eigenvalue weighted by Gasteiger charge is -2.36. The van der Waals surface area contributed by atoms with Crippen molar-refractivity contribution in [1.29, 1.82) is 0 Å². The maximum absolute atomic E-state index is 13.2. The molecule has 2 atom stereocenters. The number of hydrogen-bond acceptors (Lipinski definition) is 4. The van der Waals surface area contributed by atoms with E-state index in [1.165, 1.54) is 12.1 Å². The summed E-state index contributed by atoms with van der Waals surface area (Å²) < 4.78 is 31.0. The molecule has 1 aliphatic heterocycles. The summed E-state index contributed by atoms with van der Waals surface area (Å²) in [6, 6.07) is 7.29. The van der Waals surface area contributed by atoms with E-state index in [0.29, 0.717) is 23.4 Å². The Morgan fingerprint density at radius 1 is 1.21 bits per heavy atom. The van der Waals surface area contributed by atoms with E-state index in [1.54, 1.807) is 25.1 Å². The van der Waals surface area contributed by atoms with Crippen molar-refractivity contribution in [3.63, 3.8) is 0 Å². The van der Waals surface area contributed by atoms with Crippen molar-refractivity contribution in [3.8, 4) is 11.4 Å². The Bertz CT molecular complexity index is 1100. The second-order valence-electron chi connectivity index (χ2n) is 8.86. The smallest absolute Gasteiger partial charge is 0.387 e. The van der Waals surface area contributed by atoms with Crippen molar-refractivity contribution in [2.45, 2.75) is 58.6 Å². The molecule has 2 fully saturated rings. The van der Waals surface area contributed by atoms with Crippen LogP contribution in [0.1, 0.15) is 54.4 Å². The van der Waals surface area contributed by atoms with Crippen molar-refractivity contribution >= 4 is 17.7 Å². The lowest BCUT2D eigenvalue weighted by atomic mass is 9.73. The third-order valence-electron chi connectivity index (χ3n) is 6.85. The molecule has 176 valence electrons. The number of Topliss-reactive ketones (excluding diaryl/α,β-unsaturated/α-hetero) is 1. The molecule has 1 saturated carbocycles. The summed E-state index contributed by atoms with van der Waals surface area (Å²) >= 11 is 0. The lowest BCUT2D eigenvalue weighted by Crippen LogP contribution is -2.54. The van der Waals surface area contributed by atoms with E-state index in [9.17, 15) is 23.2 Å². The first-order valence-electron chi connectivity index (χ1n) is 11.1. The fourth-order valence-electron chi connectivity index (χ4n) is 5.09. The Morgan fingerprint density at radius 3 is 2.55 bits per heavy atom. The summed E-state index contributed by atoms with van der Waals surface area (Å²) in [4.78, 5) is 40.0. The molecule has 4 rings (SSSR count). The van der Waals surface area contributed by atoms with Gasteiger partial charge in [0.2, 0.25) is 0 Å². The molecule has 3 amide bonds. The molecule has 0 bridgehead atoms. The van der Waals surface area contributed by atoms with Crippen LogP contribution in [0.3, 0.4) is 0 Å². The third kappa shape index (κ3) is 4.00. The number of carbonyl (C=O) groups excluding carboxylic acids is 3. The van der Waals surface area contributed by atoms with Crippen molar-refractivity contribution in [2.24, 2.45) is 5.92 Å². The van der Waals surface area contributed by atoms with Crippen LogP contribution in [-0.2, 0) is 4.79 Å². The Balaban J connectivity index is 1.55. The van der Waals surface area contributed by atoms with Gasteiger partial charge >= 0.3 is 12.6 Å². The summed E-state index contributed by atoms with van der Waals surface area (Å²) in [6.45, 7) is 2.31. The number of hydrogen-bond donors (Lipinski definition) is 1. The second kappa shape index (κ2) is 8.61. The fourth-order valence-corrected chi connectivity index (χ4v) is 5.09. The van der Waals surface area contributed by atoms with Crippen LogP contribution in [0.15, 0.2) is 30.3 Å². The molecule has 1 aromatic heterocycles. The minimum atomic E-state index is -2.91. The van der Waals surface area contributed by atoms with Gasteiger partial charge in [0.15, 0.2) is 5.78 Å². The zero-order valence-electron chi connectivity index (χ0n) is 18.9. The minimum Gasteiger partial charge on any atom is -0.435 e. The first kappa shape index (κ1) is 22.9. The number of ether oxygens (including phenoxy) is 1. The number of alkyl halides is 2. The van der Waals surface area contributed by atoms with Crippen LogP contribution in [0.2, 0.25) is 0 Å². The van der Waals surface area contributed by atoms with E-state index in [2.05, 4.69) is 10.1 Å². The Hall–Kier alpha value is -3.23. The highest BCUT2D eigenvalue weighted by molar-refractivity contribution is 6.11. The van der Waals surface area contributed by atoms with Gasteiger partial charge in [-0.3, -0.25) is 14.5 Å². The lowest BCUT2D eigenvalue weighted by molar-refractivity contribution is -0.133. The molecule has 9 heteroatoms. The number of urea groups is 1. The number of nitrogens with one attached hydrogen (secondary N) is 1. The number of aromatic nitrogens is 1. The number of carbonyl (C=O) groups is 3. The topological polar surface area (TPSA) is 80.6 Å². The molecule has 33 heavy (non-hydrogen) atoms. The van der Waals surface area contributed by atoms with Gasteiger partial charge in [-0.1, -0.05) is 19.8 Å². The van der Waals surface area contributed by atoms with Crippen LogP contribution in [-0.4, -0.2) is 45.9 Å². The third-order valence-corrected chi connectivity index (χ3v) is 6.85.